The molecule has 0 atom stereocenters. The molecule has 3 aromatic rings. The largest absolute Gasteiger partial charge is 0.403 e. The van der Waals surface area contributed by atoms with E-state index >= 15 is 0 Å². The molecule has 0 aliphatic carbocycles. The molecule has 8 nitrogen and oxygen atoms in total. The van der Waals surface area contributed by atoms with Crippen LogP contribution in [0.4, 0.5) is 11.0 Å². The summed E-state index contributed by atoms with van der Waals surface area (Å²) >= 11 is 12.7. The minimum Gasteiger partial charge on any atom is -0.403 e. The molecular weight excluding hydrogens is 379 g/mol. The molecule has 3 rings (SSSR count). The molecule has 2 heterocycles. The van der Waals surface area contributed by atoms with Crippen LogP contribution in [0.2, 0.25) is 10.0 Å². The number of thiophene rings is 1. The number of halogens is 2. The monoisotopic (exact) mass is 384 g/mol. The molecule has 1 aromatic carbocycles. The summed E-state index contributed by atoms with van der Waals surface area (Å²) < 4.78 is 5.33. The molecule has 1 amide bonds. The van der Waals surface area contributed by atoms with E-state index in [2.05, 4.69) is 15.5 Å². The fourth-order valence-corrected chi connectivity index (χ4v) is 2.84. The van der Waals surface area contributed by atoms with E-state index in [0.29, 0.717) is 15.6 Å². The Morgan fingerprint density at radius 3 is 2.75 bits per heavy atom. The van der Waals surface area contributed by atoms with E-state index in [4.69, 9.17) is 27.6 Å². The standard InChI is InChI=1S/C13H6Cl2N4O4S/c14-6-1-2-8(15)7(5-6)12-17-18-13(23-12)16-11(20)9-3-4-10(24-9)19(21)22/h1-5H,(H,16,18,20). The lowest BCUT2D eigenvalue weighted by atomic mass is 10.2. The zero-order valence-electron chi connectivity index (χ0n) is 11.5. The normalized spacial score (nSPS) is 10.6. The number of rotatable bonds is 4. The Hall–Kier alpha value is -2.49. The Bertz CT molecular complexity index is 940. The number of aromatic nitrogens is 2. The van der Waals surface area contributed by atoms with E-state index in [0.717, 1.165) is 11.3 Å². The van der Waals surface area contributed by atoms with Gasteiger partial charge < -0.3 is 4.42 Å². The Kier molecular flexibility index (Phi) is 4.47. The van der Waals surface area contributed by atoms with Crippen molar-refractivity contribution >= 4 is 51.5 Å². The van der Waals surface area contributed by atoms with Gasteiger partial charge in [0.2, 0.25) is 0 Å². The van der Waals surface area contributed by atoms with Gasteiger partial charge in [0.15, 0.2) is 0 Å². The van der Waals surface area contributed by atoms with Gasteiger partial charge >= 0.3 is 11.0 Å². The van der Waals surface area contributed by atoms with Gasteiger partial charge in [0.25, 0.3) is 11.8 Å². The zero-order valence-corrected chi connectivity index (χ0v) is 13.9. The van der Waals surface area contributed by atoms with Gasteiger partial charge in [-0.1, -0.05) is 39.6 Å². The quantitative estimate of drug-likeness (QED) is 0.530. The summed E-state index contributed by atoms with van der Waals surface area (Å²) in [5.74, 6) is -0.518. The van der Waals surface area contributed by atoms with Crippen LogP contribution in [-0.2, 0) is 0 Å². The molecule has 0 radical (unpaired) electrons. The van der Waals surface area contributed by atoms with Crippen LogP contribution in [0.25, 0.3) is 11.5 Å². The minimum absolute atomic E-state index is 0.0787. The first-order chi connectivity index (χ1) is 11.4. The summed E-state index contributed by atoms with van der Waals surface area (Å²) in [5.41, 5.74) is 0.420. The Morgan fingerprint density at radius 1 is 1.25 bits per heavy atom. The number of nitro groups is 1. The summed E-state index contributed by atoms with van der Waals surface area (Å²) in [7, 11) is 0. The molecule has 1 N–H and O–H groups in total. The van der Waals surface area contributed by atoms with Gasteiger partial charge in [-0.25, -0.2) is 0 Å². The molecule has 0 fully saturated rings. The van der Waals surface area contributed by atoms with Crippen LogP contribution in [0, 0.1) is 10.1 Å². The third-order valence-corrected chi connectivity index (χ3v) is 4.40. The number of hydrogen-bond acceptors (Lipinski definition) is 7. The maximum atomic E-state index is 12.0. The van der Waals surface area contributed by atoms with Crippen LogP contribution in [-0.4, -0.2) is 21.0 Å². The van der Waals surface area contributed by atoms with Crippen molar-refractivity contribution < 1.29 is 14.1 Å². The average molecular weight is 385 g/mol. The van der Waals surface area contributed by atoms with Gasteiger partial charge in [-0.05, 0) is 24.3 Å². The number of nitrogens with one attached hydrogen (secondary N) is 1. The lowest BCUT2D eigenvalue weighted by Gasteiger charge is -1.99. The van der Waals surface area contributed by atoms with Crippen LogP contribution in [0.1, 0.15) is 9.67 Å². The average Bonchev–Trinajstić information content (AvgIpc) is 3.19. The highest BCUT2D eigenvalue weighted by Crippen LogP contribution is 2.30. The van der Waals surface area contributed by atoms with Crippen molar-refractivity contribution in [2.75, 3.05) is 5.32 Å². The van der Waals surface area contributed by atoms with Gasteiger partial charge in [0.05, 0.1) is 20.4 Å². The maximum absolute atomic E-state index is 12.0. The number of carbonyl (C=O) groups is 1. The van der Waals surface area contributed by atoms with Crippen LogP contribution < -0.4 is 5.32 Å². The van der Waals surface area contributed by atoms with Crippen molar-refractivity contribution in [2.24, 2.45) is 0 Å². The summed E-state index contributed by atoms with van der Waals surface area (Å²) in [4.78, 5) is 22.2. The van der Waals surface area contributed by atoms with Crippen LogP contribution >= 0.6 is 34.5 Å². The van der Waals surface area contributed by atoms with E-state index in [1.54, 1.807) is 18.2 Å². The molecule has 24 heavy (non-hydrogen) atoms. The fourth-order valence-electron chi connectivity index (χ4n) is 1.75. The Balaban J connectivity index is 1.79. The summed E-state index contributed by atoms with van der Waals surface area (Å²) in [5, 5.41) is 21.1. The van der Waals surface area contributed by atoms with Crippen LogP contribution in [0.5, 0.6) is 0 Å². The first-order valence-corrected chi connectivity index (χ1v) is 7.86. The maximum Gasteiger partial charge on any atom is 0.324 e. The van der Waals surface area contributed by atoms with Crippen molar-refractivity contribution in [3.05, 3.63) is 55.4 Å². The second-order valence-corrected chi connectivity index (χ2v) is 6.29. The predicted octanol–water partition coefficient (Wildman–Crippen LogP) is 4.27. The first kappa shape index (κ1) is 16.4. The number of amides is 1. The number of anilines is 1. The fraction of sp³-hybridized carbons (Fsp3) is 0. The number of benzene rings is 1. The third-order valence-electron chi connectivity index (χ3n) is 2.80. The van der Waals surface area contributed by atoms with Gasteiger partial charge in [0.1, 0.15) is 0 Å². The van der Waals surface area contributed by atoms with E-state index in [1.165, 1.54) is 12.1 Å². The van der Waals surface area contributed by atoms with E-state index in [9.17, 15) is 14.9 Å². The molecule has 0 spiro atoms. The van der Waals surface area contributed by atoms with Gasteiger partial charge in [-0.3, -0.25) is 20.2 Å². The molecule has 0 saturated heterocycles. The van der Waals surface area contributed by atoms with Gasteiger partial charge in [-0.15, -0.1) is 5.10 Å². The number of carbonyl (C=O) groups excluding carboxylic acids is 1. The second kappa shape index (κ2) is 6.56. The molecule has 0 bridgehead atoms. The van der Waals surface area contributed by atoms with Crippen molar-refractivity contribution in [2.45, 2.75) is 0 Å². The first-order valence-electron chi connectivity index (χ1n) is 6.28. The smallest absolute Gasteiger partial charge is 0.324 e. The highest BCUT2D eigenvalue weighted by Gasteiger charge is 2.18. The summed E-state index contributed by atoms with van der Waals surface area (Å²) in [6.45, 7) is 0. The lowest BCUT2D eigenvalue weighted by molar-refractivity contribution is -0.380. The highest BCUT2D eigenvalue weighted by atomic mass is 35.5. The molecule has 0 aliphatic heterocycles. The van der Waals surface area contributed by atoms with E-state index in [-0.39, 0.29) is 21.8 Å². The zero-order chi connectivity index (χ0) is 17.3. The van der Waals surface area contributed by atoms with Crippen molar-refractivity contribution in [1.29, 1.82) is 0 Å². The molecule has 0 aliphatic rings. The van der Waals surface area contributed by atoms with Crippen LogP contribution in [0.3, 0.4) is 0 Å². The number of hydrogen-bond donors (Lipinski definition) is 1. The molecule has 2 aromatic heterocycles. The topological polar surface area (TPSA) is 111 Å². The minimum atomic E-state index is -0.597. The predicted molar refractivity (Wildman–Crippen MR) is 88.7 cm³/mol. The summed E-state index contributed by atoms with van der Waals surface area (Å²) in [6, 6.07) is 7.14. The highest BCUT2D eigenvalue weighted by molar-refractivity contribution is 7.17. The van der Waals surface area contributed by atoms with Gasteiger partial charge in [0, 0.05) is 11.1 Å². The van der Waals surface area contributed by atoms with Crippen molar-refractivity contribution in [3.63, 3.8) is 0 Å². The molecular formula is C13H6Cl2N4O4S. The molecule has 0 saturated carbocycles. The third kappa shape index (κ3) is 3.37. The van der Waals surface area contributed by atoms with Crippen molar-refractivity contribution in [3.8, 4) is 11.5 Å². The van der Waals surface area contributed by atoms with Crippen LogP contribution in [0.15, 0.2) is 34.7 Å². The van der Waals surface area contributed by atoms with E-state index < -0.39 is 10.8 Å². The van der Waals surface area contributed by atoms with Gasteiger partial charge in [-0.2, -0.15) is 0 Å². The lowest BCUT2D eigenvalue weighted by Crippen LogP contribution is -2.10. The Labute approximate surface area is 148 Å². The van der Waals surface area contributed by atoms with Crippen molar-refractivity contribution in [1.82, 2.24) is 10.2 Å². The van der Waals surface area contributed by atoms with E-state index in [1.807, 2.05) is 0 Å². The molecule has 122 valence electrons. The molecule has 0 unspecified atom stereocenters. The second-order valence-electron chi connectivity index (χ2n) is 4.39. The SMILES string of the molecule is O=C(Nc1nnc(-c2cc(Cl)ccc2Cl)o1)c1ccc([N+](=O)[O-])s1. The molecule has 11 heteroatoms. The summed E-state index contributed by atoms with van der Waals surface area (Å²) in [6.07, 6.45) is 0. The number of nitrogens with zero attached hydrogens (tertiary/aromatic N) is 3. The Morgan fingerprint density at radius 2 is 2.04 bits per heavy atom.